The normalized spacial score (nSPS) is 10.4. The quantitative estimate of drug-likeness (QED) is 0.625. The highest BCUT2D eigenvalue weighted by Crippen LogP contribution is 2.16. The molecule has 0 aliphatic carbocycles. The summed E-state index contributed by atoms with van der Waals surface area (Å²) in [6, 6.07) is 12.3. The lowest BCUT2D eigenvalue weighted by Crippen LogP contribution is -2.41. The molecule has 3 amide bonds. The number of aryl methyl sites for hydroxylation is 2. The maximum atomic E-state index is 12.1. The van der Waals surface area contributed by atoms with E-state index in [1.54, 1.807) is 24.3 Å². The number of hydrazine groups is 1. The zero-order valence-corrected chi connectivity index (χ0v) is 17.2. The number of carbonyl (C=O) groups is 3. The van der Waals surface area contributed by atoms with Gasteiger partial charge in [0, 0.05) is 24.1 Å². The summed E-state index contributed by atoms with van der Waals surface area (Å²) < 4.78 is 5.52. The molecule has 7 heteroatoms. The van der Waals surface area contributed by atoms with Crippen molar-refractivity contribution in [1.29, 1.82) is 0 Å². The summed E-state index contributed by atoms with van der Waals surface area (Å²) in [5.41, 5.74) is 7.82. The molecule has 2 rings (SSSR count). The lowest BCUT2D eigenvalue weighted by atomic mass is 10.1. The first-order valence-corrected chi connectivity index (χ1v) is 9.47. The summed E-state index contributed by atoms with van der Waals surface area (Å²) in [5.74, 6) is -0.502. The third-order valence-electron chi connectivity index (χ3n) is 4.04. The molecule has 29 heavy (non-hydrogen) atoms. The van der Waals surface area contributed by atoms with Crippen LogP contribution in [0.25, 0.3) is 0 Å². The van der Waals surface area contributed by atoms with E-state index in [4.69, 9.17) is 4.74 Å². The monoisotopic (exact) mass is 397 g/mol. The van der Waals surface area contributed by atoms with Crippen LogP contribution in [0.2, 0.25) is 0 Å². The van der Waals surface area contributed by atoms with Crippen LogP contribution in [0.5, 0.6) is 5.75 Å². The van der Waals surface area contributed by atoms with Crippen LogP contribution in [0.3, 0.4) is 0 Å². The summed E-state index contributed by atoms with van der Waals surface area (Å²) in [7, 11) is 0. The van der Waals surface area contributed by atoms with Gasteiger partial charge in [-0.1, -0.05) is 17.7 Å². The number of hydrogen-bond acceptors (Lipinski definition) is 4. The average molecular weight is 397 g/mol. The molecule has 0 aromatic heterocycles. The molecule has 2 aromatic carbocycles. The highest BCUT2D eigenvalue weighted by molar-refractivity contribution is 5.96. The molecule has 0 aliphatic heterocycles. The highest BCUT2D eigenvalue weighted by atomic mass is 16.5. The van der Waals surface area contributed by atoms with Gasteiger partial charge in [-0.3, -0.25) is 25.2 Å². The summed E-state index contributed by atoms with van der Waals surface area (Å²) in [6.45, 7) is 7.72. The van der Waals surface area contributed by atoms with E-state index >= 15 is 0 Å². The zero-order chi connectivity index (χ0) is 21.4. The first-order valence-electron chi connectivity index (χ1n) is 9.47. The van der Waals surface area contributed by atoms with E-state index in [-0.39, 0.29) is 24.9 Å². The predicted molar refractivity (Wildman–Crippen MR) is 112 cm³/mol. The minimum atomic E-state index is -0.450. The second-order valence-electron chi connectivity index (χ2n) is 7.06. The third-order valence-corrected chi connectivity index (χ3v) is 4.04. The number of carbonyl (C=O) groups excluding carboxylic acids is 3. The Hall–Kier alpha value is -3.35. The van der Waals surface area contributed by atoms with Crippen molar-refractivity contribution in [2.24, 2.45) is 0 Å². The average Bonchev–Trinajstić information content (AvgIpc) is 2.67. The summed E-state index contributed by atoms with van der Waals surface area (Å²) in [4.78, 5) is 36.0. The first kappa shape index (κ1) is 21.9. The maximum Gasteiger partial charge on any atom is 0.269 e. The number of ether oxygens (including phenoxy) is 1. The van der Waals surface area contributed by atoms with Crippen LogP contribution in [0, 0.1) is 13.8 Å². The van der Waals surface area contributed by atoms with Crippen LogP contribution in [0.4, 0.5) is 5.69 Å². The number of anilines is 1. The Morgan fingerprint density at radius 1 is 0.897 bits per heavy atom. The van der Waals surface area contributed by atoms with Gasteiger partial charge in [-0.05, 0) is 63.6 Å². The van der Waals surface area contributed by atoms with Gasteiger partial charge >= 0.3 is 0 Å². The van der Waals surface area contributed by atoms with Gasteiger partial charge in [0.05, 0.1) is 6.10 Å². The van der Waals surface area contributed by atoms with Crippen molar-refractivity contribution in [3.05, 3.63) is 59.2 Å². The van der Waals surface area contributed by atoms with Gasteiger partial charge in [-0.25, -0.2) is 0 Å². The Morgan fingerprint density at radius 3 is 2.17 bits per heavy atom. The molecule has 154 valence electrons. The number of benzene rings is 2. The Balaban J connectivity index is 1.74. The number of amides is 3. The van der Waals surface area contributed by atoms with E-state index in [1.165, 1.54) is 0 Å². The van der Waals surface area contributed by atoms with Crippen LogP contribution in [-0.4, -0.2) is 23.8 Å². The van der Waals surface area contributed by atoms with E-state index < -0.39 is 11.8 Å². The van der Waals surface area contributed by atoms with E-state index in [9.17, 15) is 14.4 Å². The molecule has 7 nitrogen and oxygen atoms in total. The SMILES string of the molecule is Cc1ccc(NC(=O)CCC(=O)NNC(=O)c2ccc(OC(C)C)cc2)c(C)c1. The Kier molecular flexibility index (Phi) is 7.77. The van der Waals surface area contributed by atoms with Crippen molar-refractivity contribution in [1.82, 2.24) is 10.9 Å². The first-order chi connectivity index (χ1) is 13.7. The van der Waals surface area contributed by atoms with Crippen LogP contribution in [0.1, 0.15) is 48.2 Å². The standard InChI is InChI=1S/C22H27N3O4/c1-14(2)29-18-8-6-17(7-9-18)22(28)25-24-21(27)12-11-20(26)23-19-10-5-15(3)13-16(19)4/h5-10,13-14H,11-12H2,1-4H3,(H,23,26)(H,24,27)(H,25,28). The van der Waals surface area contributed by atoms with Gasteiger partial charge in [0.1, 0.15) is 5.75 Å². The lowest BCUT2D eigenvalue weighted by molar-refractivity contribution is -0.124. The fourth-order valence-corrected chi connectivity index (χ4v) is 2.61. The van der Waals surface area contributed by atoms with E-state index in [2.05, 4.69) is 16.2 Å². The van der Waals surface area contributed by atoms with Crippen molar-refractivity contribution < 1.29 is 19.1 Å². The fraction of sp³-hybridized carbons (Fsp3) is 0.318. The Bertz CT molecular complexity index is 876. The predicted octanol–water partition coefficient (Wildman–Crippen LogP) is 3.27. The van der Waals surface area contributed by atoms with Gasteiger partial charge < -0.3 is 10.1 Å². The maximum absolute atomic E-state index is 12.1. The molecule has 3 N–H and O–H groups in total. The smallest absolute Gasteiger partial charge is 0.269 e. The Morgan fingerprint density at radius 2 is 1.55 bits per heavy atom. The molecule has 0 saturated carbocycles. The molecule has 2 aromatic rings. The van der Waals surface area contributed by atoms with Crippen molar-refractivity contribution in [2.45, 2.75) is 46.6 Å². The lowest BCUT2D eigenvalue weighted by Gasteiger charge is -2.11. The summed E-state index contributed by atoms with van der Waals surface area (Å²) >= 11 is 0. The highest BCUT2D eigenvalue weighted by Gasteiger charge is 2.11. The molecule has 0 radical (unpaired) electrons. The number of nitrogens with one attached hydrogen (secondary N) is 3. The molecule has 0 heterocycles. The fourth-order valence-electron chi connectivity index (χ4n) is 2.61. The topological polar surface area (TPSA) is 96.5 Å². The molecular weight excluding hydrogens is 370 g/mol. The Labute approximate surface area is 170 Å². The largest absolute Gasteiger partial charge is 0.491 e. The van der Waals surface area contributed by atoms with Crippen LogP contribution in [0.15, 0.2) is 42.5 Å². The van der Waals surface area contributed by atoms with Gasteiger partial charge in [-0.2, -0.15) is 0 Å². The number of rotatable bonds is 7. The zero-order valence-electron chi connectivity index (χ0n) is 17.2. The molecule has 0 unspecified atom stereocenters. The minimum Gasteiger partial charge on any atom is -0.491 e. The van der Waals surface area contributed by atoms with Gasteiger partial charge in [0.25, 0.3) is 5.91 Å². The van der Waals surface area contributed by atoms with Crippen molar-refractivity contribution in [3.8, 4) is 5.75 Å². The summed E-state index contributed by atoms with van der Waals surface area (Å²) in [6.07, 6.45) is 0.00939. The molecule has 0 bridgehead atoms. The van der Waals surface area contributed by atoms with Crippen LogP contribution < -0.4 is 20.9 Å². The van der Waals surface area contributed by atoms with Crippen molar-refractivity contribution >= 4 is 23.4 Å². The minimum absolute atomic E-state index is 0.0102. The van der Waals surface area contributed by atoms with Gasteiger partial charge in [0.2, 0.25) is 11.8 Å². The second kappa shape index (κ2) is 10.3. The molecular formula is C22H27N3O4. The number of hydrogen-bond donors (Lipinski definition) is 3. The van der Waals surface area contributed by atoms with Crippen LogP contribution in [-0.2, 0) is 9.59 Å². The molecule has 0 aliphatic rings. The van der Waals surface area contributed by atoms with E-state index in [1.807, 2.05) is 45.9 Å². The van der Waals surface area contributed by atoms with Crippen molar-refractivity contribution in [3.63, 3.8) is 0 Å². The van der Waals surface area contributed by atoms with E-state index in [0.717, 1.165) is 16.8 Å². The second-order valence-corrected chi connectivity index (χ2v) is 7.06. The van der Waals surface area contributed by atoms with E-state index in [0.29, 0.717) is 11.3 Å². The molecule has 0 atom stereocenters. The molecule has 0 fully saturated rings. The van der Waals surface area contributed by atoms with Gasteiger partial charge in [-0.15, -0.1) is 0 Å². The summed E-state index contributed by atoms with van der Waals surface area (Å²) in [5, 5.41) is 2.78. The third kappa shape index (κ3) is 7.29. The van der Waals surface area contributed by atoms with Crippen molar-refractivity contribution in [2.75, 3.05) is 5.32 Å². The molecule has 0 spiro atoms. The molecule has 0 saturated heterocycles. The van der Waals surface area contributed by atoms with Crippen LogP contribution >= 0.6 is 0 Å². The van der Waals surface area contributed by atoms with Gasteiger partial charge in [0.15, 0.2) is 0 Å².